The third kappa shape index (κ3) is 6.10. The molecule has 2 saturated heterocycles. The predicted molar refractivity (Wildman–Crippen MR) is 136 cm³/mol. The molecule has 2 amide bonds. The van der Waals surface area contributed by atoms with Crippen molar-refractivity contribution in [3.63, 3.8) is 0 Å². The van der Waals surface area contributed by atoms with Crippen LogP contribution in [0.1, 0.15) is 49.8 Å². The Morgan fingerprint density at radius 3 is 2.29 bits per heavy atom. The fourth-order valence-electron chi connectivity index (χ4n) is 5.23. The minimum absolute atomic E-state index is 0. The number of carbonyl (C=O) groups is 2. The number of hydrogen-bond acceptors (Lipinski definition) is 4. The molecule has 1 N–H and O–H groups in total. The van der Waals surface area contributed by atoms with Crippen LogP contribution in [0.25, 0.3) is 0 Å². The average Bonchev–Trinajstić information content (AvgIpc) is 3.13. The molecule has 0 radical (unpaired) electrons. The van der Waals surface area contributed by atoms with E-state index in [-0.39, 0.29) is 29.8 Å². The smallest absolute Gasteiger partial charge is 0.229 e. The lowest BCUT2D eigenvalue weighted by Gasteiger charge is -2.38. The molecule has 4 rings (SSSR count). The number of ether oxygens (including phenoxy) is 1. The van der Waals surface area contributed by atoms with Gasteiger partial charge in [-0.05, 0) is 62.0 Å². The van der Waals surface area contributed by atoms with Gasteiger partial charge in [-0.2, -0.15) is 0 Å². The van der Waals surface area contributed by atoms with Crippen molar-refractivity contribution in [3.8, 4) is 5.75 Å². The van der Waals surface area contributed by atoms with Gasteiger partial charge in [0.05, 0.1) is 18.6 Å². The van der Waals surface area contributed by atoms with Crippen molar-refractivity contribution in [1.29, 1.82) is 0 Å². The van der Waals surface area contributed by atoms with Crippen LogP contribution in [-0.4, -0.2) is 54.9 Å². The van der Waals surface area contributed by atoms with E-state index < -0.39 is 0 Å². The van der Waals surface area contributed by atoms with E-state index in [1.54, 1.807) is 14.0 Å². The van der Waals surface area contributed by atoms with E-state index in [4.69, 9.17) is 4.74 Å². The summed E-state index contributed by atoms with van der Waals surface area (Å²) in [5.74, 6) is 1.15. The monoisotopic (exact) mass is 485 g/mol. The lowest BCUT2D eigenvalue weighted by molar-refractivity contribution is -0.139. The summed E-state index contributed by atoms with van der Waals surface area (Å²) in [6, 6.07) is 18.2. The molecule has 7 heteroatoms. The lowest BCUT2D eigenvalue weighted by atomic mass is 9.77. The van der Waals surface area contributed by atoms with Crippen LogP contribution in [0.2, 0.25) is 0 Å². The van der Waals surface area contributed by atoms with Crippen LogP contribution in [0, 0.1) is 5.41 Å². The number of nitrogens with zero attached hydrogens (tertiary/aromatic N) is 2. The molecule has 184 valence electrons. The number of rotatable bonds is 8. The number of nitrogens with one attached hydrogen (secondary N) is 1. The number of methoxy groups -OCH3 is 1. The highest BCUT2D eigenvalue weighted by Crippen LogP contribution is 2.42. The molecule has 0 aliphatic carbocycles. The quantitative estimate of drug-likeness (QED) is 0.608. The second-order valence-electron chi connectivity index (χ2n) is 9.40. The van der Waals surface area contributed by atoms with E-state index in [1.807, 2.05) is 47.4 Å². The van der Waals surface area contributed by atoms with Gasteiger partial charge in [0.1, 0.15) is 5.75 Å². The van der Waals surface area contributed by atoms with Gasteiger partial charge >= 0.3 is 0 Å². The van der Waals surface area contributed by atoms with E-state index >= 15 is 0 Å². The Kier molecular flexibility index (Phi) is 8.97. The van der Waals surface area contributed by atoms with Crippen molar-refractivity contribution >= 4 is 24.2 Å². The van der Waals surface area contributed by atoms with E-state index in [0.29, 0.717) is 12.5 Å². The molecule has 0 saturated carbocycles. The molecule has 2 heterocycles. The van der Waals surface area contributed by atoms with Gasteiger partial charge < -0.3 is 19.9 Å². The molecule has 2 fully saturated rings. The normalized spacial score (nSPS) is 18.4. The second-order valence-corrected chi connectivity index (χ2v) is 9.40. The summed E-state index contributed by atoms with van der Waals surface area (Å²) >= 11 is 0. The van der Waals surface area contributed by atoms with E-state index in [9.17, 15) is 9.59 Å². The third-order valence-corrected chi connectivity index (χ3v) is 7.26. The zero-order valence-corrected chi connectivity index (χ0v) is 21.0. The highest BCUT2D eigenvalue weighted by molar-refractivity contribution is 5.85. The first-order valence-electron chi connectivity index (χ1n) is 12.0. The Morgan fingerprint density at radius 2 is 1.68 bits per heavy atom. The molecule has 0 unspecified atom stereocenters. The van der Waals surface area contributed by atoms with E-state index in [1.165, 1.54) is 0 Å². The van der Waals surface area contributed by atoms with Gasteiger partial charge in [-0.15, -0.1) is 12.4 Å². The minimum Gasteiger partial charge on any atom is -0.497 e. The number of carbonyl (C=O) groups excluding carboxylic acids is 2. The fraction of sp³-hybridized carbons (Fsp3) is 0.481. The molecule has 1 spiro atoms. The Balaban J connectivity index is 0.00000324. The van der Waals surface area contributed by atoms with Crippen molar-refractivity contribution < 1.29 is 14.3 Å². The van der Waals surface area contributed by atoms with Crippen LogP contribution >= 0.6 is 12.4 Å². The first-order chi connectivity index (χ1) is 16.0. The second kappa shape index (κ2) is 11.7. The molecule has 0 bridgehead atoms. The summed E-state index contributed by atoms with van der Waals surface area (Å²) in [6.45, 7) is 5.87. The van der Waals surface area contributed by atoms with Crippen LogP contribution < -0.4 is 10.1 Å². The predicted octanol–water partition coefficient (Wildman–Crippen LogP) is 4.20. The summed E-state index contributed by atoms with van der Waals surface area (Å²) in [7, 11) is 1.66. The van der Waals surface area contributed by atoms with Crippen molar-refractivity contribution in [3.05, 3.63) is 65.7 Å². The maximum absolute atomic E-state index is 13.3. The maximum atomic E-state index is 13.3. The first-order valence-corrected chi connectivity index (χ1v) is 12.0. The Morgan fingerprint density at radius 1 is 1.03 bits per heavy atom. The van der Waals surface area contributed by atoms with Crippen LogP contribution in [0.4, 0.5) is 0 Å². The van der Waals surface area contributed by atoms with Crippen molar-refractivity contribution in [1.82, 2.24) is 15.1 Å². The number of amides is 2. The molecule has 34 heavy (non-hydrogen) atoms. The largest absolute Gasteiger partial charge is 0.497 e. The van der Waals surface area contributed by atoms with Gasteiger partial charge in [0.25, 0.3) is 0 Å². The van der Waals surface area contributed by atoms with Crippen LogP contribution in [0.15, 0.2) is 54.6 Å². The molecule has 6 nitrogen and oxygen atoms in total. The molecular formula is C27H36ClN3O3. The Hall–Kier alpha value is -2.57. The minimum atomic E-state index is -0.195. The SMILES string of the molecule is COc1ccc(CN2CCC3(CCN(CC[C@H](NC(C)=O)c4ccccc4)CC3)C2=O)cc1.Cl. The molecule has 0 aromatic heterocycles. The van der Waals surface area contributed by atoms with E-state index in [2.05, 4.69) is 22.3 Å². The highest BCUT2D eigenvalue weighted by Gasteiger charge is 2.47. The van der Waals surface area contributed by atoms with Gasteiger partial charge in [-0.3, -0.25) is 9.59 Å². The number of piperidine rings is 1. The van der Waals surface area contributed by atoms with Gasteiger partial charge in [0, 0.05) is 26.6 Å². The van der Waals surface area contributed by atoms with Gasteiger partial charge in [0.15, 0.2) is 0 Å². The molecule has 2 aliphatic rings. The van der Waals surface area contributed by atoms with Crippen LogP contribution in [0.5, 0.6) is 5.75 Å². The maximum Gasteiger partial charge on any atom is 0.229 e. The zero-order chi connectivity index (χ0) is 23.3. The van der Waals surface area contributed by atoms with E-state index in [0.717, 1.165) is 68.7 Å². The lowest BCUT2D eigenvalue weighted by Crippen LogP contribution is -2.45. The van der Waals surface area contributed by atoms with Crippen molar-refractivity contribution in [2.45, 2.75) is 45.2 Å². The summed E-state index contributed by atoms with van der Waals surface area (Å²) < 4.78 is 5.23. The topological polar surface area (TPSA) is 61.9 Å². The summed E-state index contributed by atoms with van der Waals surface area (Å²) in [6.07, 6.45) is 3.66. The van der Waals surface area contributed by atoms with Gasteiger partial charge in [-0.1, -0.05) is 42.5 Å². The standard InChI is InChI=1S/C27H35N3O3.ClH/c1-21(31)28-25(23-6-4-3-5-7-23)12-16-29-17-13-27(14-18-29)15-19-30(26(27)32)20-22-8-10-24(33-2)11-9-22;/h3-11,25H,12-20H2,1-2H3,(H,28,31);1H/t25-;/m0./s1. The van der Waals surface area contributed by atoms with Gasteiger partial charge in [0.2, 0.25) is 11.8 Å². The summed E-state index contributed by atoms with van der Waals surface area (Å²) in [5, 5.41) is 3.09. The molecule has 2 aromatic carbocycles. The molecular weight excluding hydrogens is 450 g/mol. The van der Waals surface area contributed by atoms with Crippen molar-refractivity contribution in [2.75, 3.05) is 33.3 Å². The number of likely N-dealkylation sites (tertiary alicyclic amines) is 2. The molecule has 2 aromatic rings. The van der Waals surface area contributed by atoms with Crippen LogP contribution in [0.3, 0.4) is 0 Å². The highest BCUT2D eigenvalue weighted by atomic mass is 35.5. The first kappa shape index (κ1) is 26.0. The van der Waals surface area contributed by atoms with Crippen LogP contribution in [-0.2, 0) is 16.1 Å². The number of benzene rings is 2. The Labute approximate surface area is 209 Å². The number of hydrogen-bond donors (Lipinski definition) is 1. The number of halogens is 1. The average molecular weight is 486 g/mol. The van der Waals surface area contributed by atoms with Crippen molar-refractivity contribution in [2.24, 2.45) is 5.41 Å². The zero-order valence-electron chi connectivity index (χ0n) is 20.2. The summed E-state index contributed by atoms with van der Waals surface area (Å²) in [4.78, 5) is 29.5. The molecule has 1 atom stereocenters. The third-order valence-electron chi connectivity index (χ3n) is 7.26. The summed E-state index contributed by atoms with van der Waals surface area (Å²) in [5.41, 5.74) is 2.09. The molecule has 2 aliphatic heterocycles. The van der Waals surface area contributed by atoms with Gasteiger partial charge in [-0.25, -0.2) is 0 Å². The fourth-order valence-corrected chi connectivity index (χ4v) is 5.23. The Bertz CT molecular complexity index is 943.